The van der Waals surface area contributed by atoms with E-state index in [1.807, 2.05) is 19.1 Å². The van der Waals surface area contributed by atoms with Crippen molar-refractivity contribution in [3.8, 4) is 0 Å². The molecule has 5 heteroatoms. The summed E-state index contributed by atoms with van der Waals surface area (Å²) in [6.45, 7) is 4.57. The molecule has 1 N–H and O–H groups in total. The lowest BCUT2D eigenvalue weighted by Crippen LogP contribution is -2.37. The molecule has 0 amide bonds. The van der Waals surface area contributed by atoms with Gasteiger partial charge in [-0.1, -0.05) is 15.9 Å². The van der Waals surface area contributed by atoms with Crippen LogP contribution in [0.15, 0.2) is 16.6 Å². The van der Waals surface area contributed by atoms with Crippen molar-refractivity contribution in [2.75, 3.05) is 31.2 Å². The lowest BCUT2D eigenvalue weighted by molar-refractivity contribution is 0.0695. The average molecular weight is 300 g/mol. The summed E-state index contributed by atoms with van der Waals surface area (Å²) >= 11 is 3.41. The molecule has 92 valence electrons. The quantitative estimate of drug-likeness (QED) is 0.910. The van der Waals surface area contributed by atoms with Crippen LogP contribution in [-0.2, 0) is 4.74 Å². The molecule has 0 bridgehead atoms. The van der Waals surface area contributed by atoms with Gasteiger partial charge in [0.15, 0.2) is 0 Å². The Morgan fingerprint density at radius 1 is 1.41 bits per heavy atom. The molecule has 1 aromatic carbocycles. The number of nitrogens with zero attached hydrogens (tertiary/aromatic N) is 1. The van der Waals surface area contributed by atoms with Crippen molar-refractivity contribution in [3.05, 3.63) is 27.7 Å². The maximum absolute atomic E-state index is 11.3. The molecule has 1 aliphatic heterocycles. The number of carboxylic acids is 1. The van der Waals surface area contributed by atoms with E-state index >= 15 is 0 Å². The molecule has 0 radical (unpaired) electrons. The number of carboxylic acid groups (broad SMARTS) is 1. The molecule has 0 spiro atoms. The van der Waals surface area contributed by atoms with E-state index in [9.17, 15) is 9.90 Å². The zero-order valence-corrected chi connectivity index (χ0v) is 11.2. The largest absolute Gasteiger partial charge is 0.478 e. The number of aromatic carboxylic acids is 1. The first-order valence-electron chi connectivity index (χ1n) is 5.45. The van der Waals surface area contributed by atoms with Crippen molar-refractivity contribution >= 4 is 27.6 Å². The summed E-state index contributed by atoms with van der Waals surface area (Å²) in [7, 11) is 0. The van der Waals surface area contributed by atoms with Gasteiger partial charge in [0, 0.05) is 17.6 Å². The fraction of sp³-hybridized carbons (Fsp3) is 0.417. The van der Waals surface area contributed by atoms with E-state index in [0.29, 0.717) is 18.8 Å². The van der Waals surface area contributed by atoms with Crippen molar-refractivity contribution in [2.45, 2.75) is 6.92 Å². The van der Waals surface area contributed by atoms with Gasteiger partial charge in [0.05, 0.1) is 24.5 Å². The zero-order valence-electron chi connectivity index (χ0n) is 9.57. The second kappa shape index (κ2) is 5.06. The molecular weight excluding hydrogens is 286 g/mol. The highest BCUT2D eigenvalue weighted by Crippen LogP contribution is 2.29. The van der Waals surface area contributed by atoms with Crippen LogP contribution in [0.2, 0.25) is 0 Å². The van der Waals surface area contributed by atoms with Gasteiger partial charge in [-0.3, -0.25) is 0 Å². The number of anilines is 1. The van der Waals surface area contributed by atoms with Crippen LogP contribution in [0.1, 0.15) is 15.9 Å². The van der Waals surface area contributed by atoms with E-state index in [1.165, 1.54) is 0 Å². The highest BCUT2D eigenvalue weighted by Gasteiger charge is 2.20. The van der Waals surface area contributed by atoms with Crippen molar-refractivity contribution in [1.82, 2.24) is 0 Å². The van der Waals surface area contributed by atoms with Gasteiger partial charge in [-0.05, 0) is 24.6 Å². The minimum atomic E-state index is -0.878. The number of aryl methyl sites for hydroxylation is 1. The lowest BCUT2D eigenvalue weighted by atomic mass is 10.1. The molecule has 0 aliphatic carbocycles. The number of ether oxygens (including phenoxy) is 1. The van der Waals surface area contributed by atoms with Gasteiger partial charge in [-0.15, -0.1) is 0 Å². The smallest absolute Gasteiger partial charge is 0.338 e. The molecular formula is C12H14BrNO3. The molecule has 1 aromatic rings. The summed E-state index contributed by atoms with van der Waals surface area (Å²) in [6, 6.07) is 3.69. The lowest BCUT2D eigenvalue weighted by Gasteiger charge is -2.30. The first-order valence-corrected chi connectivity index (χ1v) is 6.25. The zero-order chi connectivity index (χ0) is 12.4. The highest BCUT2D eigenvalue weighted by atomic mass is 79.9. The van der Waals surface area contributed by atoms with Crippen LogP contribution < -0.4 is 4.90 Å². The maximum atomic E-state index is 11.3. The average Bonchev–Trinajstić information content (AvgIpc) is 2.28. The van der Waals surface area contributed by atoms with Gasteiger partial charge in [0.1, 0.15) is 0 Å². The van der Waals surface area contributed by atoms with Gasteiger partial charge in [0.25, 0.3) is 0 Å². The monoisotopic (exact) mass is 299 g/mol. The summed E-state index contributed by atoms with van der Waals surface area (Å²) in [5.41, 5.74) is 1.93. The van der Waals surface area contributed by atoms with Gasteiger partial charge >= 0.3 is 5.97 Å². The summed E-state index contributed by atoms with van der Waals surface area (Å²) in [6.07, 6.45) is 0. The molecule has 1 heterocycles. The third-order valence-electron chi connectivity index (χ3n) is 2.85. The Balaban J connectivity index is 2.46. The Kier molecular flexibility index (Phi) is 3.69. The maximum Gasteiger partial charge on any atom is 0.338 e. The van der Waals surface area contributed by atoms with Crippen LogP contribution in [0, 0.1) is 6.92 Å². The SMILES string of the molecule is Cc1cc(Br)cc(N2CCOCC2)c1C(=O)O. The minimum Gasteiger partial charge on any atom is -0.478 e. The van der Waals surface area contributed by atoms with Gasteiger partial charge < -0.3 is 14.7 Å². The van der Waals surface area contributed by atoms with Crippen molar-refractivity contribution in [1.29, 1.82) is 0 Å². The number of hydrogen-bond acceptors (Lipinski definition) is 3. The molecule has 0 aromatic heterocycles. The number of hydrogen-bond donors (Lipinski definition) is 1. The first-order chi connectivity index (χ1) is 8.09. The highest BCUT2D eigenvalue weighted by molar-refractivity contribution is 9.10. The number of carbonyl (C=O) groups is 1. The van der Waals surface area contributed by atoms with Crippen molar-refractivity contribution in [3.63, 3.8) is 0 Å². The fourth-order valence-corrected chi connectivity index (χ4v) is 2.62. The number of morpholine rings is 1. The van der Waals surface area contributed by atoms with E-state index in [0.717, 1.165) is 28.8 Å². The van der Waals surface area contributed by atoms with Crippen LogP contribution in [0.3, 0.4) is 0 Å². The summed E-state index contributed by atoms with van der Waals surface area (Å²) in [5.74, 6) is -0.878. The Bertz CT molecular complexity index is 442. The summed E-state index contributed by atoms with van der Waals surface area (Å²) in [5, 5.41) is 9.29. The second-order valence-electron chi connectivity index (χ2n) is 4.02. The van der Waals surface area contributed by atoms with Crippen molar-refractivity contribution < 1.29 is 14.6 Å². The van der Waals surface area contributed by atoms with Crippen molar-refractivity contribution in [2.24, 2.45) is 0 Å². The number of benzene rings is 1. The van der Waals surface area contributed by atoms with Crippen LogP contribution >= 0.6 is 15.9 Å². The van der Waals surface area contributed by atoms with Gasteiger partial charge in [0.2, 0.25) is 0 Å². The molecule has 4 nitrogen and oxygen atoms in total. The minimum absolute atomic E-state index is 0.384. The second-order valence-corrected chi connectivity index (χ2v) is 4.94. The normalized spacial score (nSPS) is 16.0. The number of rotatable bonds is 2. The van der Waals surface area contributed by atoms with Crippen LogP contribution in [0.4, 0.5) is 5.69 Å². The molecule has 1 aliphatic rings. The molecule has 1 saturated heterocycles. The summed E-state index contributed by atoms with van der Waals surface area (Å²) in [4.78, 5) is 13.4. The first kappa shape index (κ1) is 12.4. The fourth-order valence-electron chi connectivity index (χ4n) is 2.06. The van der Waals surface area contributed by atoms with E-state index in [4.69, 9.17) is 4.74 Å². The summed E-state index contributed by atoms with van der Waals surface area (Å²) < 4.78 is 6.19. The standard InChI is InChI=1S/C12H14BrNO3/c1-8-6-9(13)7-10(11(8)12(15)16)14-2-4-17-5-3-14/h6-7H,2-5H2,1H3,(H,15,16). The Hall–Kier alpha value is -1.07. The molecule has 17 heavy (non-hydrogen) atoms. The topological polar surface area (TPSA) is 49.8 Å². The Morgan fingerprint density at radius 3 is 2.65 bits per heavy atom. The van der Waals surface area contributed by atoms with Gasteiger partial charge in [-0.2, -0.15) is 0 Å². The van der Waals surface area contributed by atoms with E-state index in [-0.39, 0.29) is 0 Å². The molecule has 2 rings (SSSR count). The van der Waals surface area contributed by atoms with E-state index < -0.39 is 5.97 Å². The van der Waals surface area contributed by atoms with E-state index in [2.05, 4.69) is 20.8 Å². The van der Waals surface area contributed by atoms with E-state index in [1.54, 1.807) is 0 Å². The molecule has 0 saturated carbocycles. The Labute approximate surface area is 108 Å². The Morgan fingerprint density at radius 2 is 2.06 bits per heavy atom. The predicted molar refractivity (Wildman–Crippen MR) is 68.9 cm³/mol. The third-order valence-corrected chi connectivity index (χ3v) is 3.30. The molecule has 0 atom stereocenters. The van der Waals surface area contributed by atoms with Crippen LogP contribution in [0.25, 0.3) is 0 Å². The number of halogens is 1. The molecule has 0 unspecified atom stereocenters. The molecule has 1 fully saturated rings. The third kappa shape index (κ3) is 2.61. The van der Waals surface area contributed by atoms with Gasteiger partial charge in [-0.25, -0.2) is 4.79 Å². The van der Waals surface area contributed by atoms with Crippen LogP contribution in [-0.4, -0.2) is 37.4 Å². The van der Waals surface area contributed by atoms with Crippen LogP contribution in [0.5, 0.6) is 0 Å². The predicted octanol–water partition coefficient (Wildman–Crippen LogP) is 2.29.